The van der Waals surface area contributed by atoms with Crippen LogP contribution in [0.4, 0.5) is 5.82 Å². The van der Waals surface area contributed by atoms with Crippen LogP contribution in [0.3, 0.4) is 0 Å². The highest BCUT2D eigenvalue weighted by Crippen LogP contribution is 2.22. The van der Waals surface area contributed by atoms with E-state index in [0.29, 0.717) is 17.9 Å². The number of halogens is 1. The first-order valence-electron chi connectivity index (χ1n) is 6.75. The molecule has 1 amide bonds. The van der Waals surface area contributed by atoms with Crippen molar-refractivity contribution in [3.8, 4) is 0 Å². The second-order valence-corrected chi connectivity index (χ2v) is 6.23. The highest BCUT2D eigenvalue weighted by atomic mass is 79.9. The van der Waals surface area contributed by atoms with Gasteiger partial charge in [0.05, 0.1) is 11.6 Å². The molecule has 21 heavy (non-hydrogen) atoms. The van der Waals surface area contributed by atoms with Gasteiger partial charge in [-0.1, -0.05) is 6.92 Å². The molecule has 2 N–H and O–H groups in total. The van der Waals surface area contributed by atoms with E-state index in [1.807, 2.05) is 19.2 Å². The van der Waals surface area contributed by atoms with Crippen molar-refractivity contribution in [2.75, 3.05) is 11.9 Å². The number of nitrogens with zero attached hydrogens (tertiary/aromatic N) is 2. The molecule has 5 nitrogen and oxygen atoms in total. The summed E-state index contributed by atoms with van der Waals surface area (Å²) in [6, 6.07) is 1.69. The molecule has 0 spiro atoms. The third-order valence-corrected chi connectivity index (χ3v) is 4.23. The van der Waals surface area contributed by atoms with E-state index in [9.17, 15) is 4.79 Å². The number of anilines is 1. The van der Waals surface area contributed by atoms with Crippen molar-refractivity contribution >= 4 is 39.0 Å². The van der Waals surface area contributed by atoms with Gasteiger partial charge in [0.2, 0.25) is 0 Å². The Hall–Kier alpha value is -1.47. The highest BCUT2D eigenvalue weighted by molar-refractivity contribution is 9.10. The Kier molecular flexibility index (Phi) is 5.69. The van der Waals surface area contributed by atoms with Crippen LogP contribution in [0, 0.1) is 0 Å². The minimum atomic E-state index is -0.151. The van der Waals surface area contributed by atoms with E-state index in [1.54, 1.807) is 29.8 Å². The van der Waals surface area contributed by atoms with Crippen LogP contribution >= 0.6 is 27.3 Å². The minimum absolute atomic E-state index is 0.0778. The van der Waals surface area contributed by atoms with Gasteiger partial charge in [-0.25, -0.2) is 9.97 Å². The minimum Gasteiger partial charge on any atom is -0.370 e. The molecule has 2 aromatic heterocycles. The average molecular weight is 369 g/mol. The Bertz CT molecular complexity index is 603. The number of thiazole rings is 1. The van der Waals surface area contributed by atoms with Crippen LogP contribution in [0.1, 0.15) is 41.7 Å². The van der Waals surface area contributed by atoms with Crippen LogP contribution < -0.4 is 10.6 Å². The molecule has 7 heteroatoms. The number of hydrogen-bond donors (Lipinski definition) is 2. The van der Waals surface area contributed by atoms with Crippen molar-refractivity contribution in [1.82, 2.24) is 15.3 Å². The molecular weight excluding hydrogens is 352 g/mol. The zero-order valence-electron chi connectivity index (χ0n) is 11.9. The Morgan fingerprint density at radius 2 is 2.24 bits per heavy atom. The lowest BCUT2D eigenvalue weighted by Gasteiger charge is -2.16. The van der Waals surface area contributed by atoms with Crippen molar-refractivity contribution in [2.24, 2.45) is 0 Å². The first-order valence-corrected chi connectivity index (χ1v) is 8.42. The van der Waals surface area contributed by atoms with Gasteiger partial charge in [-0.2, -0.15) is 0 Å². The van der Waals surface area contributed by atoms with Gasteiger partial charge < -0.3 is 10.6 Å². The molecule has 0 aliphatic carbocycles. The summed E-state index contributed by atoms with van der Waals surface area (Å²) in [6.45, 7) is 4.70. The standard InChI is InChI=1S/C14H17BrN4OS/c1-3-11(14-17-5-6-21-14)19-13(20)10-7-9(15)8-18-12(10)16-4-2/h5-8,11H,3-4H2,1-2H3,(H,16,18)(H,19,20). The lowest BCUT2D eigenvalue weighted by Crippen LogP contribution is -2.29. The molecule has 0 aliphatic rings. The molecule has 0 radical (unpaired) electrons. The second kappa shape index (κ2) is 7.51. The van der Waals surface area contributed by atoms with Crippen LogP contribution in [0.2, 0.25) is 0 Å². The molecule has 0 fully saturated rings. The number of nitrogens with one attached hydrogen (secondary N) is 2. The van der Waals surface area contributed by atoms with Gasteiger partial charge in [0.15, 0.2) is 0 Å². The van der Waals surface area contributed by atoms with Crippen LogP contribution in [-0.2, 0) is 0 Å². The number of carbonyl (C=O) groups excluding carboxylic acids is 1. The first-order chi connectivity index (χ1) is 10.2. The molecule has 1 unspecified atom stereocenters. The fraction of sp³-hybridized carbons (Fsp3) is 0.357. The first kappa shape index (κ1) is 15.9. The largest absolute Gasteiger partial charge is 0.370 e. The second-order valence-electron chi connectivity index (χ2n) is 4.38. The molecule has 112 valence electrons. The number of aromatic nitrogens is 2. The maximum absolute atomic E-state index is 12.5. The van der Waals surface area contributed by atoms with E-state index >= 15 is 0 Å². The van der Waals surface area contributed by atoms with Gasteiger partial charge >= 0.3 is 0 Å². The molecule has 0 saturated heterocycles. The molecular formula is C14H17BrN4OS. The van der Waals surface area contributed by atoms with Gasteiger partial charge in [0.25, 0.3) is 5.91 Å². The third kappa shape index (κ3) is 4.01. The van der Waals surface area contributed by atoms with Crippen molar-refractivity contribution in [3.05, 3.63) is 38.9 Å². The smallest absolute Gasteiger partial charge is 0.255 e. The van der Waals surface area contributed by atoms with Crippen LogP contribution in [0.5, 0.6) is 0 Å². The van der Waals surface area contributed by atoms with E-state index in [4.69, 9.17) is 0 Å². The van der Waals surface area contributed by atoms with Gasteiger partial charge in [-0.3, -0.25) is 4.79 Å². The topological polar surface area (TPSA) is 66.9 Å². The fourth-order valence-corrected chi connectivity index (χ4v) is 3.01. The van der Waals surface area contributed by atoms with Crippen LogP contribution in [-0.4, -0.2) is 22.4 Å². The summed E-state index contributed by atoms with van der Waals surface area (Å²) in [5.41, 5.74) is 0.529. The summed E-state index contributed by atoms with van der Waals surface area (Å²) in [4.78, 5) is 21.0. The van der Waals surface area contributed by atoms with Crippen LogP contribution in [0.25, 0.3) is 0 Å². The summed E-state index contributed by atoms with van der Waals surface area (Å²) >= 11 is 4.90. The summed E-state index contributed by atoms with van der Waals surface area (Å²) in [7, 11) is 0. The number of hydrogen-bond acceptors (Lipinski definition) is 5. The monoisotopic (exact) mass is 368 g/mol. The zero-order valence-corrected chi connectivity index (χ0v) is 14.3. The predicted molar refractivity (Wildman–Crippen MR) is 88.7 cm³/mol. The Morgan fingerprint density at radius 3 is 2.86 bits per heavy atom. The number of pyridine rings is 1. The molecule has 0 bridgehead atoms. The Morgan fingerprint density at radius 1 is 1.43 bits per heavy atom. The highest BCUT2D eigenvalue weighted by Gasteiger charge is 2.19. The number of carbonyl (C=O) groups is 1. The molecule has 0 aromatic carbocycles. The predicted octanol–water partition coefficient (Wildman–Crippen LogP) is 3.61. The summed E-state index contributed by atoms with van der Waals surface area (Å²) in [6.07, 6.45) is 4.21. The van der Waals surface area contributed by atoms with Gasteiger partial charge in [0.1, 0.15) is 10.8 Å². The average Bonchev–Trinajstić information content (AvgIpc) is 3.00. The van der Waals surface area contributed by atoms with Crippen molar-refractivity contribution < 1.29 is 4.79 Å². The number of amides is 1. The molecule has 2 aromatic rings. The normalized spacial score (nSPS) is 12.0. The molecule has 2 heterocycles. The molecule has 0 aliphatic heterocycles. The third-order valence-electron chi connectivity index (χ3n) is 2.91. The zero-order chi connectivity index (χ0) is 15.2. The van der Waals surface area contributed by atoms with E-state index in [2.05, 4.69) is 36.5 Å². The lowest BCUT2D eigenvalue weighted by atomic mass is 10.2. The quantitative estimate of drug-likeness (QED) is 0.816. The Labute approximate surface area is 136 Å². The van der Waals surface area contributed by atoms with Gasteiger partial charge in [-0.05, 0) is 35.3 Å². The lowest BCUT2D eigenvalue weighted by molar-refractivity contribution is 0.0936. The SMILES string of the molecule is CCNc1ncc(Br)cc1C(=O)NC(CC)c1nccs1. The van der Waals surface area contributed by atoms with Gasteiger partial charge in [-0.15, -0.1) is 11.3 Å². The molecule has 1 atom stereocenters. The fourth-order valence-electron chi connectivity index (χ4n) is 1.90. The summed E-state index contributed by atoms with van der Waals surface area (Å²) in [5, 5.41) is 8.95. The summed E-state index contributed by atoms with van der Waals surface area (Å²) < 4.78 is 0.775. The summed E-state index contributed by atoms with van der Waals surface area (Å²) in [5.74, 6) is 0.439. The van der Waals surface area contributed by atoms with Gasteiger partial charge in [0, 0.05) is 28.8 Å². The van der Waals surface area contributed by atoms with Crippen LogP contribution in [0.15, 0.2) is 28.3 Å². The van der Waals surface area contributed by atoms with Crippen molar-refractivity contribution in [2.45, 2.75) is 26.3 Å². The molecule has 2 rings (SSSR count). The van der Waals surface area contributed by atoms with E-state index in [-0.39, 0.29) is 11.9 Å². The van der Waals surface area contributed by atoms with E-state index in [1.165, 1.54) is 0 Å². The maximum atomic E-state index is 12.5. The maximum Gasteiger partial charge on any atom is 0.255 e. The Balaban J connectivity index is 2.21. The molecule has 0 saturated carbocycles. The number of rotatable bonds is 6. The van der Waals surface area contributed by atoms with E-state index in [0.717, 1.165) is 15.9 Å². The van der Waals surface area contributed by atoms with Crippen molar-refractivity contribution in [3.63, 3.8) is 0 Å². The van der Waals surface area contributed by atoms with Crippen molar-refractivity contribution in [1.29, 1.82) is 0 Å². The van der Waals surface area contributed by atoms with E-state index < -0.39 is 0 Å².